The van der Waals surface area contributed by atoms with Crippen molar-refractivity contribution >= 4 is 0 Å². The summed E-state index contributed by atoms with van der Waals surface area (Å²) >= 11 is 0. The van der Waals surface area contributed by atoms with Gasteiger partial charge in [-0.15, -0.1) is 0 Å². The first-order chi connectivity index (χ1) is 5.65. The van der Waals surface area contributed by atoms with Crippen molar-refractivity contribution < 1.29 is 9.50 Å². The van der Waals surface area contributed by atoms with Crippen molar-refractivity contribution in [1.29, 1.82) is 0 Å². The van der Waals surface area contributed by atoms with Crippen molar-refractivity contribution in [1.82, 2.24) is 0 Å². The number of hydrogen-bond acceptors (Lipinski definition) is 2. The van der Waals surface area contributed by atoms with Crippen LogP contribution in [0.2, 0.25) is 0 Å². The van der Waals surface area contributed by atoms with Gasteiger partial charge >= 0.3 is 0 Å². The molecule has 0 aliphatic heterocycles. The molecule has 0 aliphatic rings. The number of aryl methyl sites for hydroxylation is 1. The molecule has 2 nitrogen and oxygen atoms in total. The fourth-order valence-corrected chi connectivity index (χ4v) is 1.14. The Labute approximate surface area is 70.8 Å². The van der Waals surface area contributed by atoms with E-state index < -0.39 is 6.17 Å². The number of alkyl halides is 1. The van der Waals surface area contributed by atoms with Gasteiger partial charge in [-0.25, -0.2) is 4.39 Å². The highest BCUT2D eigenvalue weighted by molar-refractivity contribution is 5.35. The Morgan fingerprint density at radius 3 is 2.75 bits per heavy atom. The summed E-state index contributed by atoms with van der Waals surface area (Å²) in [6, 6.07) is 4.55. The molecule has 0 saturated carbocycles. The molecule has 12 heavy (non-hydrogen) atoms. The van der Waals surface area contributed by atoms with E-state index in [1.165, 1.54) is 12.1 Å². The monoisotopic (exact) mass is 169 g/mol. The smallest absolute Gasteiger partial charge is 0.138 e. The molecule has 0 aliphatic carbocycles. The summed E-state index contributed by atoms with van der Waals surface area (Å²) in [7, 11) is 0. The normalized spacial score (nSPS) is 12.9. The summed E-state index contributed by atoms with van der Waals surface area (Å²) in [5.74, 6) is 0.153. The molecule has 0 aromatic heterocycles. The average molecular weight is 169 g/mol. The summed E-state index contributed by atoms with van der Waals surface area (Å²) in [5.41, 5.74) is 6.45. The third kappa shape index (κ3) is 1.74. The molecule has 3 heteroatoms. The van der Waals surface area contributed by atoms with E-state index >= 15 is 0 Å². The molecular weight excluding hydrogens is 157 g/mol. The zero-order chi connectivity index (χ0) is 9.14. The second-order valence-electron chi connectivity index (χ2n) is 2.74. The summed E-state index contributed by atoms with van der Waals surface area (Å²) in [4.78, 5) is 0. The Morgan fingerprint density at radius 1 is 1.58 bits per heavy atom. The highest BCUT2D eigenvalue weighted by atomic mass is 19.1. The highest BCUT2D eigenvalue weighted by Crippen LogP contribution is 2.23. The van der Waals surface area contributed by atoms with E-state index in [1.807, 2.05) is 0 Å². The van der Waals surface area contributed by atoms with Crippen molar-refractivity contribution in [2.24, 2.45) is 5.73 Å². The SMILES string of the molecule is Cc1cc(O)ccc1C(F)CN. The van der Waals surface area contributed by atoms with Gasteiger partial charge in [0.15, 0.2) is 0 Å². The van der Waals surface area contributed by atoms with E-state index in [9.17, 15) is 4.39 Å². The number of rotatable bonds is 2. The Bertz CT molecular complexity index is 275. The van der Waals surface area contributed by atoms with Gasteiger partial charge < -0.3 is 10.8 Å². The number of aromatic hydroxyl groups is 1. The first-order valence-corrected chi connectivity index (χ1v) is 3.79. The molecule has 0 bridgehead atoms. The quantitative estimate of drug-likeness (QED) is 0.707. The maximum absolute atomic E-state index is 13.1. The molecule has 0 radical (unpaired) electrons. The van der Waals surface area contributed by atoms with Crippen LogP contribution in [0.3, 0.4) is 0 Å². The minimum absolute atomic E-state index is 0.0222. The zero-order valence-electron chi connectivity index (χ0n) is 6.92. The lowest BCUT2D eigenvalue weighted by Gasteiger charge is -2.08. The van der Waals surface area contributed by atoms with Gasteiger partial charge in [-0.05, 0) is 30.2 Å². The minimum Gasteiger partial charge on any atom is -0.508 e. The fourth-order valence-electron chi connectivity index (χ4n) is 1.14. The number of phenols is 1. The lowest BCUT2D eigenvalue weighted by Crippen LogP contribution is -2.08. The summed E-state index contributed by atoms with van der Waals surface area (Å²) in [6.07, 6.45) is -1.13. The number of hydrogen-bond donors (Lipinski definition) is 2. The van der Waals surface area contributed by atoms with Crippen molar-refractivity contribution in [2.75, 3.05) is 6.54 Å². The maximum Gasteiger partial charge on any atom is 0.138 e. The first kappa shape index (κ1) is 9.00. The highest BCUT2D eigenvalue weighted by Gasteiger charge is 2.09. The lowest BCUT2D eigenvalue weighted by molar-refractivity contribution is 0.351. The molecule has 1 rings (SSSR count). The van der Waals surface area contributed by atoms with Gasteiger partial charge in [-0.3, -0.25) is 0 Å². The van der Waals surface area contributed by atoms with Crippen LogP contribution in [0.4, 0.5) is 4.39 Å². The number of phenolic OH excluding ortho intramolecular Hbond substituents is 1. The van der Waals surface area contributed by atoms with E-state index in [0.29, 0.717) is 5.56 Å². The van der Waals surface area contributed by atoms with Gasteiger partial charge in [0.1, 0.15) is 11.9 Å². The second kappa shape index (κ2) is 3.54. The van der Waals surface area contributed by atoms with Crippen molar-refractivity contribution in [2.45, 2.75) is 13.1 Å². The molecule has 1 aromatic rings. The third-order valence-corrected chi connectivity index (χ3v) is 1.80. The van der Waals surface area contributed by atoms with Crippen LogP contribution in [0.15, 0.2) is 18.2 Å². The number of nitrogens with two attached hydrogens (primary N) is 1. The summed E-state index contributed by atoms with van der Waals surface area (Å²) < 4.78 is 13.1. The summed E-state index contributed by atoms with van der Waals surface area (Å²) in [6.45, 7) is 1.73. The molecule has 0 amide bonds. The van der Waals surface area contributed by atoms with Gasteiger partial charge in [0.2, 0.25) is 0 Å². The molecule has 66 valence electrons. The molecule has 0 saturated heterocycles. The Kier molecular flexibility index (Phi) is 2.65. The second-order valence-corrected chi connectivity index (χ2v) is 2.74. The Balaban J connectivity index is 3.01. The van der Waals surface area contributed by atoms with Gasteiger partial charge in [-0.1, -0.05) is 6.07 Å². The van der Waals surface area contributed by atoms with E-state index in [2.05, 4.69) is 0 Å². The standard InChI is InChI=1S/C9H12FNO/c1-6-4-7(12)2-3-8(6)9(10)5-11/h2-4,9,12H,5,11H2,1H3. The van der Waals surface area contributed by atoms with Crippen LogP contribution in [0, 0.1) is 6.92 Å². The molecule has 0 spiro atoms. The van der Waals surface area contributed by atoms with Gasteiger partial charge in [0, 0.05) is 6.54 Å². The van der Waals surface area contributed by atoms with E-state index in [4.69, 9.17) is 10.8 Å². The van der Waals surface area contributed by atoms with Crippen LogP contribution in [0.1, 0.15) is 17.3 Å². The third-order valence-electron chi connectivity index (χ3n) is 1.80. The van der Waals surface area contributed by atoms with Gasteiger partial charge in [0.05, 0.1) is 0 Å². The van der Waals surface area contributed by atoms with Crippen LogP contribution in [0.25, 0.3) is 0 Å². The van der Waals surface area contributed by atoms with E-state index in [0.717, 1.165) is 5.56 Å². The molecule has 1 aromatic carbocycles. The van der Waals surface area contributed by atoms with Crippen LogP contribution in [-0.4, -0.2) is 11.7 Å². The zero-order valence-corrected chi connectivity index (χ0v) is 6.92. The van der Waals surface area contributed by atoms with E-state index in [1.54, 1.807) is 13.0 Å². The predicted octanol–water partition coefficient (Wildman–Crippen LogP) is 1.67. The van der Waals surface area contributed by atoms with E-state index in [-0.39, 0.29) is 12.3 Å². The van der Waals surface area contributed by atoms with Gasteiger partial charge in [0.25, 0.3) is 0 Å². The maximum atomic E-state index is 13.1. The van der Waals surface area contributed by atoms with Crippen LogP contribution < -0.4 is 5.73 Å². The van der Waals surface area contributed by atoms with Crippen molar-refractivity contribution in [3.63, 3.8) is 0 Å². The molecule has 0 fully saturated rings. The molecular formula is C9H12FNO. The lowest BCUT2D eigenvalue weighted by atomic mass is 10.0. The minimum atomic E-state index is -1.13. The van der Waals surface area contributed by atoms with Crippen molar-refractivity contribution in [3.8, 4) is 5.75 Å². The number of benzene rings is 1. The van der Waals surface area contributed by atoms with Crippen molar-refractivity contribution in [3.05, 3.63) is 29.3 Å². The Morgan fingerprint density at radius 2 is 2.25 bits per heavy atom. The topological polar surface area (TPSA) is 46.2 Å². The first-order valence-electron chi connectivity index (χ1n) is 3.79. The number of halogens is 1. The predicted molar refractivity (Wildman–Crippen MR) is 45.7 cm³/mol. The van der Waals surface area contributed by atoms with Gasteiger partial charge in [-0.2, -0.15) is 0 Å². The average Bonchev–Trinajstić information content (AvgIpc) is 2.03. The fraction of sp³-hybridized carbons (Fsp3) is 0.333. The molecule has 0 heterocycles. The Hall–Kier alpha value is -1.09. The van der Waals surface area contributed by atoms with Crippen LogP contribution in [-0.2, 0) is 0 Å². The molecule has 3 N–H and O–H groups in total. The van der Waals surface area contributed by atoms with Crippen LogP contribution in [0.5, 0.6) is 5.75 Å². The summed E-state index contributed by atoms with van der Waals surface area (Å²) in [5, 5.41) is 9.04. The largest absolute Gasteiger partial charge is 0.508 e. The molecule has 1 unspecified atom stereocenters. The van der Waals surface area contributed by atoms with Crippen LogP contribution >= 0.6 is 0 Å². The molecule has 1 atom stereocenters.